The highest BCUT2D eigenvalue weighted by molar-refractivity contribution is 5.11. The fourth-order valence-electron chi connectivity index (χ4n) is 2.89. The Balaban J connectivity index is 1.89. The van der Waals surface area contributed by atoms with E-state index in [1.54, 1.807) is 0 Å². The molecule has 118 valence electrons. The fraction of sp³-hybridized carbons (Fsp3) is 0.706. The molecule has 2 unspecified atom stereocenters. The number of nitrogens with zero attached hydrogens (tertiary/aromatic N) is 2. The van der Waals surface area contributed by atoms with Crippen molar-refractivity contribution in [2.24, 2.45) is 5.92 Å². The molecule has 1 N–H and O–H groups in total. The van der Waals surface area contributed by atoms with Crippen LogP contribution in [0.15, 0.2) is 18.2 Å². The van der Waals surface area contributed by atoms with Crippen LogP contribution >= 0.6 is 0 Å². The van der Waals surface area contributed by atoms with Crippen LogP contribution < -0.4 is 5.32 Å². The Morgan fingerprint density at radius 1 is 1.38 bits per heavy atom. The summed E-state index contributed by atoms with van der Waals surface area (Å²) in [7, 11) is 1.82. The third-order valence-electron chi connectivity index (χ3n) is 4.26. The quantitative estimate of drug-likeness (QED) is 0.783. The minimum Gasteiger partial charge on any atom is -0.380 e. The number of likely N-dealkylation sites (tertiary alicyclic amines) is 1. The predicted molar refractivity (Wildman–Crippen MR) is 86.1 cm³/mol. The van der Waals surface area contributed by atoms with Gasteiger partial charge in [0.15, 0.2) is 0 Å². The van der Waals surface area contributed by atoms with Gasteiger partial charge in [-0.3, -0.25) is 9.88 Å². The smallest absolute Gasteiger partial charge is 0.0724 e. The number of hydrogen-bond donors (Lipinski definition) is 1. The van der Waals surface area contributed by atoms with Gasteiger partial charge in [-0.25, -0.2) is 0 Å². The summed E-state index contributed by atoms with van der Waals surface area (Å²) in [6.07, 6.45) is 2.72. The molecule has 0 saturated carbocycles. The number of aromatic nitrogens is 1. The van der Waals surface area contributed by atoms with Crippen molar-refractivity contribution in [1.82, 2.24) is 15.2 Å². The second-order valence-electron chi connectivity index (χ2n) is 6.07. The number of piperidine rings is 1. The van der Waals surface area contributed by atoms with E-state index < -0.39 is 0 Å². The van der Waals surface area contributed by atoms with E-state index in [-0.39, 0.29) is 0 Å². The van der Waals surface area contributed by atoms with Crippen LogP contribution in [-0.4, -0.2) is 42.7 Å². The molecule has 2 rings (SSSR count). The normalized spacial score (nSPS) is 23.4. The maximum atomic E-state index is 5.59. The highest BCUT2D eigenvalue weighted by Gasteiger charge is 2.25. The first-order valence-corrected chi connectivity index (χ1v) is 8.13. The first kappa shape index (κ1) is 16.4. The topological polar surface area (TPSA) is 37.4 Å². The van der Waals surface area contributed by atoms with E-state index >= 15 is 0 Å². The summed E-state index contributed by atoms with van der Waals surface area (Å²) < 4.78 is 5.59. The largest absolute Gasteiger partial charge is 0.380 e. The van der Waals surface area contributed by atoms with Crippen molar-refractivity contribution in [3.63, 3.8) is 0 Å². The number of hydrogen-bond acceptors (Lipinski definition) is 4. The highest BCUT2D eigenvalue weighted by Crippen LogP contribution is 2.20. The monoisotopic (exact) mass is 291 g/mol. The zero-order valence-corrected chi connectivity index (χ0v) is 13.6. The molecular weight excluding hydrogens is 262 g/mol. The predicted octanol–water partition coefficient (Wildman–Crippen LogP) is 2.44. The van der Waals surface area contributed by atoms with Crippen molar-refractivity contribution in [2.45, 2.75) is 45.9 Å². The van der Waals surface area contributed by atoms with Crippen LogP contribution in [0.2, 0.25) is 0 Å². The van der Waals surface area contributed by atoms with E-state index in [0.717, 1.165) is 50.5 Å². The first-order chi connectivity index (χ1) is 10.2. The summed E-state index contributed by atoms with van der Waals surface area (Å²) >= 11 is 0. The van der Waals surface area contributed by atoms with Crippen molar-refractivity contribution in [3.8, 4) is 0 Å². The molecule has 21 heavy (non-hydrogen) atoms. The maximum absolute atomic E-state index is 5.59. The summed E-state index contributed by atoms with van der Waals surface area (Å²) in [6.45, 7) is 9.45. The van der Waals surface area contributed by atoms with E-state index in [1.807, 2.05) is 7.11 Å². The van der Waals surface area contributed by atoms with Gasteiger partial charge in [0.2, 0.25) is 0 Å². The molecule has 2 atom stereocenters. The van der Waals surface area contributed by atoms with Gasteiger partial charge >= 0.3 is 0 Å². The van der Waals surface area contributed by atoms with Gasteiger partial charge in [-0.1, -0.05) is 19.9 Å². The second kappa shape index (κ2) is 8.47. The third-order valence-corrected chi connectivity index (χ3v) is 4.26. The van der Waals surface area contributed by atoms with Crippen LogP contribution in [-0.2, 0) is 17.8 Å². The summed E-state index contributed by atoms with van der Waals surface area (Å²) in [5, 5.41) is 3.41. The van der Waals surface area contributed by atoms with Crippen LogP contribution in [0.5, 0.6) is 0 Å². The van der Waals surface area contributed by atoms with Gasteiger partial charge < -0.3 is 10.1 Å². The van der Waals surface area contributed by atoms with Crippen LogP contribution in [0.1, 0.15) is 38.1 Å². The number of nitrogens with one attached hydrogen (secondary N) is 1. The molecule has 0 radical (unpaired) electrons. The summed E-state index contributed by atoms with van der Waals surface area (Å²) in [4.78, 5) is 7.22. The lowest BCUT2D eigenvalue weighted by molar-refractivity contribution is -0.00780. The third kappa shape index (κ3) is 5.06. The van der Waals surface area contributed by atoms with Gasteiger partial charge in [0.05, 0.1) is 17.5 Å². The fourth-order valence-corrected chi connectivity index (χ4v) is 2.89. The van der Waals surface area contributed by atoms with E-state index in [4.69, 9.17) is 9.72 Å². The SMILES string of the molecule is CCCNCc1cccc(CN2CCC(C)C(OC)C2)n1. The standard InChI is InChI=1S/C17H29N3O/c1-4-9-18-11-15-6-5-7-16(19-15)12-20-10-8-14(2)17(13-20)21-3/h5-7,14,17-18H,4,8-13H2,1-3H3. The number of ether oxygens (including phenoxy) is 1. The Hall–Kier alpha value is -0.970. The maximum Gasteiger partial charge on any atom is 0.0724 e. The molecule has 0 bridgehead atoms. The molecule has 1 fully saturated rings. The van der Waals surface area contributed by atoms with E-state index in [2.05, 4.69) is 42.3 Å². The lowest BCUT2D eigenvalue weighted by atomic mass is 9.96. The van der Waals surface area contributed by atoms with Crippen LogP contribution in [0, 0.1) is 5.92 Å². The van der Waals surface area contributed by atoms with E-state index in [1.165, 1.54) is 6.42 Å². The van der Waals surface area contributed by atoms with Gasteiger partial charge in [0.1, 0.15) is 0 Å². The zero-order chi connectivity index (χ0) is 15.1. The molecule has 1 aromatic rings. The Morgan fingerprint density at radius 3 is 2.95 bits per heavy atom. The van der Waals surface area contributed by atoms with Crippen LogP contribution in [0.3, 0.4) is 0 Å². The molecule has 4 heteroatoms. The van der Waals surface area contributed by atoms with Gasteiger partial charge in [-0.05, 0) is 44.0 Å². The van der Waals surface area contributed by atoms with E-state index in [0.29, 0.717) is 12.0 Å². The molecule has 1 aliphatic heterocycles. The van der Waals surface area contributed by atoms with Gasteiger partial charge in [0, 0.05) is 26.7 Å². The first-order valence-electron chi connectivity index (χ1n) is 8.13. The Morgan fingerprint density at radius 2 is 2.19 bits per heavy atom. The van der Waals surface area contributed by atoms with Crippen molar-refractivity contribution in [1.29, 1.82) is 0 Å². The average molecular weight is 291 g/mol. The zero-order valence-electron chi connectivity index (χ0n) is 13.6. The minimum absolute atomic E-state index is 0.355. The molecule has 1 aliphatic rings. The average Bonchev–Trinajstić information content (AvgIpc) is 2.50. The molecular formula is C17H29N3O. The summed E-state index contributed by atoms with van der Waals surface area (Å²) in [5.74, 6) is 0.656. The summed E-state index contributed by atoms with van der Waals surface area (Å²) in [6, 6.07) is 6.34. The number of rotatable bonds is 7. The molecule has 4 nitrogen and oxygen atoms in total. The molecule has 0 amide bonds. The van der Waals surface area contributed by atoms with Crippen LogP contribution in [0.25, 0.3) is 0 Å². The van der Waals surface area contributed by atoms with Gasteiger partial charge in [0.25, 0.3) is 0 Å². The Kier molecular flexibility index (Phi) is 6.61. The molecule has 0 spiro atoms. The minimum atomic E-state index is 0.355. The molecule has 1 saturated heterocycles. The highest BCUT2D eigenvalue weighted by atomic mass is 16.5. The van der Waals surface area contributed by atoms with Crippen molar-refractivity contribution in [3.05, 3.63) is 29.6 Å². The Labute approximate surface area is 128 Å². The van der Waals surface area contributed by atoms with E-state index in [9.17, 15) is 0 Å². The molecule has 1 aromatic heterocycles. The number of pyridine rings is 1. The lowest BCUT2D eigenvalue weighted by Crippen LogP contribution is -2.43. The van der Waals surface area contributed by atoms with Gasteiger partial charge in [-0.15, -0.1) is 0 Å². The summed E-state index contributed by atoms with van der Waals surface area (Å²) in [5.41, 5.74) is 2.30. The Bertz CT molecular complexity index is 424. The second-order valence-corrected chi connectivity index (χ2v) is 6.07. The van der Waals surface area contributed by atoms with Crippen molar-refractivity contribution in [2.75, 3.05) is 26.7 Å². The van der Waals surface area contributed by atoms with Crippen molar-refractivity contribution < 1.29 is 4.74 Å². The molecule has 0 aliphatic carbocycles. The molecule has 0 aromatic carbocycles. The van der Waals surface area contributed by atoms with Gasteiger partial charge in [-0.2, -0.15) is 0 Å². The molecule has 2 heterocycles. The van der Waals surface area contributed by atoms with Crippen molar-refractivity contribution >= 4 is 0 Å². The number of methoxy groups -OCH3 is 1. The van der Waals surface area contributed by atoms with Crippen LogP contribution in [0.4, 0.5) is 0 Å². The lowest BCUT2D eigenvalue weighted by Gasteiger charge is -2.36.